The molecular formula is C12H13F4N. The average molecular weight is 247 g/mol. The van der Waals surface area contributed by atoms with Crippen molar-refractivity contribution in [2.45, 2.75) is 30.9 Å². The molecule has 1 aromatic carbocycles. The lowest BCUT2D eigenvalue weighted by atomic mass is 9.63. The topological polar surface area (TPSA) is 26.0 Å². The molecule has 1 aliphatic carbocycles. The average Bonchev–Trinajstić information content (AvgIpc) is 2.14. The Bertz CT molecular complexity index is 415. The highest BCUT2D eigenvalue weighted by molar-refractivity contribution is 5.39. The maximum absolute atomic E-state index is 13.4. The van der Waals surface area contributed by atoms with E-state index in [1.165, 1.54) is 12.1 Å². The Labute approximate surface area is 96.6 Å². The number of nitrogens with two attached hydrogens (primary N) is 1. The normalized spacial score (nSPS) is 18.9. The second kappa shape index (κ2) is 3.98. The van der Waals surface area contributed by atoms with E-state index in [0.717, 1.165) is 12.5 Å². The molecule has 17 heavy (non-hydrogen) atoms. The molecular weight excluding hydrogens is 234 g/mol. The predicted octanol–water partition coefficient (Wildman–Crippen LogP) is 3.22. The highest BCUT2D eigenvalue weighted by Crippen LogP contribution is 2.48. The molecule has 2 rings (SSSR count). The van der Waals surface area contributed by atoms with E-state index in [0.29, 0.717) is 12.8 Å². The number of halogens is 4. The van der Waals surface area contributed by atoms with Crippen molar-refractivity contribution in [1.29, 1.82) is 0 Å². The first-order chi connectivity index (χ1) is 7.91. The molecule has 0 spiro atoms. The van der Waals surface area contributed by atoms with Crippen LogP contribution in [0.3, 0.4) is 0 Å². The van der Waals surface area contributed by atoms with E-state index in [1.54, 1.807) is 0 Å². The number of alkyl halides is 3. The van der Waals surface area contributed by atoms with Gasteiger partial charge in [-0.3, -0.25) is 0 Å². The largest absolute Gasteiger partial charge is 0.419 e. The summed E-state index contributed by atoms with van der Waals surface area (Å²) in [5.41, 5.74) is 3.75. The summed E-state index contributed by atoms with van der Waals surface area (Å²) in [5, 5.41) is 0. The Morgan fingerprint density at radius 3 is 2.29 bits per heavy atom. The van der Waals surface area contributed by atoms with Gasteiger partial charge >= 0.3 is 6.18 Å². The molecule has 1 nitrogen and oxygen atoms in total. The van der Waals surface area contributed by atoms with E-state index in [-0.39, 0.29) is 12.1 Å². The summed E-state index contributed by atoms with van der Waals surface area (Å²) < 4.78 is 52.0. The maximum atomic E-state index is 13.4. The Kier molecular flexibility index (Phi) is 2.89. The lowest BCUT2D eigenvalue weighted by molar-refractivity contribution is -0.141. The van der Waals surface area contributed by atoms with Gasteiger partial charge in [-0.25, -0.2) is 4.39 Å². The van der Waals surface area contributed by atoms with Crippen LogP contribution in [0, 0.1) is 5.82 Å². The molecule has 0 atom stereocenters. The second-order valence-electron chi connectivity index (χ2n) is 4.50. The van der Waals surface area contributed by atoms with Gasteiger partial charge in [0, 0.05) is 12.0 Å². The summed E-state index contributed by atoms with van der Waals surface area (Å²) in [6, 6.07) is 3.50. The molecule has 1 aliphatic rings. The molecule has 1 aromatic rings. The number of rotatable bonds is 2. The van der Waals surface area contributed by atoms with Crippen molar-refractivity contribution in [3.8, 4) is 0 Å². The van der Waals surface area contributed by atoms with Gasteiger partial charge in [0.2, 0.25) is 0 Å². The Hall–Kier alpha value is -1.10. The minimum atomic E-state index is -4.67. The summed E-state index contributed by atoms with van der Waals surface area (Å²) in [6.45, 7) is 0.125. The van der Waals surface area contributed by atoms with Gasteiger partial charge in [-0.05, 0) is 24.5 Å². The zero-order valence-corrected chi connectivity index (χ0v) is 9.15. The van der Waals surface area contributed by atoms with E-state index in [2.05, 4.69) is 0 Å². The monoisotopic (exact) mass is 247 g/mol. The SMILES string of the molecule is NCC1(c2cccc(F)c2C(F)(F)F)CCC1. The Balaban J connectivity index is 2.58. The van der Waals surface area contributed by atoms with E-state index in [4.69, 9.17) is 5.73 Å². The van der Waals surface area contributed by atoms with E-state index < -0.39 is 23.0 Å². The van der Waals surface area contributed by atoms with Crippen molar-refractivity contribution in [1.82, 2.24) is 0 Å². The van der Waals surface area contributed by atoms with Crippen LogP contribution >= 0.6 is 0 Å². The van der Waals surface area contributed by atoms with Crippen molar-refractivity contribution < 1.29 is 17.6 Å². The summed E-state index contributed by atoms with van der Waals surface area (Å²) in [5.74, 6) is -1.21. The van der Waals surface area contributed by atoms with Crippen molar-refractivity contribution in [3.63, 3.8) is 0 Å². The van der Waals surface area contributed by atoms with Crippen molar-refractivity contribution >= 4 is 0 Å². The number of benzene rings is 1. The molecule has 5 heteroatoms. The molecule has 0 amide bonds. The smallest absolute Gasteiger partial charge is 0.330 e. The van der Waals surface area contributed by atoms with Gasteiger partial charge in [0.25, 0.3) is 0 Å². The first kappa shape index (κ1) is 12.4. The summed E-state index contributed by atoms with van der Waals surface area (Å²) in [7, 11) is 0. The van der Waals surface area contributed by atoms with E-state index >= 15 is 0 Å². The molecule has 0 radical (unpaired) electrons. The minimum absolute atomic E-state index is 0.0127. The summed E-state index contributed by atoms with van der Waals surface area (Å²) in [6.07, 6.45) is -2.64. The zero-order chi connectivity index (χ0) is 12.7. The van der Waals surface area contributed by atoms with Gasteiger partial charge in [-0.2, -0.15) is 13.2 Å². The fourth-order valence-electron chi connectivity index (χ4n) is 2.44. The molecule has 0 aliphatic heterocycles. The van der Waals surface area contributed by atoms with Crippen molar-refractivity contribution in [2.75, 3.05) is 6.54 Å². The first-order valence-electron chi connectivity index (χ1n) is 5.47. The van der Waals surface area contributed by atoms with E-state index in [9.17, 15) is 17.6 Å². The van der Waals surface area contributed by atoms with Crippen LogP contribution in [-0.2, 0) is 11.6 Å². The predicted molar refractivity (Wildman–Crippen MR) is 56.0 cm³/mol. The zero-order valence-electron chi connectivity index (χ0n) is 9.15. The summed E-state index contributed by atoms with van der Waals surface area (Å²) in [4.78, 5) is 0. The van der Waals surface area contributed by atoms with Gasteiger partial charge in [-0.1, -0.05) is 18.6 Å². The molecule has 94 valence electrons. The molecule has 0 saturated heterocycles. The van der Waals surface area contributed by atoms with Crippen LogP contribution in [-0.4, -0.2) is 6.54 Å². The third kappa shape index (κ3) is 1.92. The molecule has 2 N–H and O–H groups in total. The van der Waals surface area contributed by atoms with Crippen LogP contribution in [0.5, 0.6) is 0 Å². The standard InChI is InChI=1S/C12H13F4N/c13-9-4-1-3-8(10(9)12(14,15)16)11(7-17)5-2-6-11/h1,3-4H,2,5-7,17H2. The maximum Gasteiger partial charge on any atom is 0.419 e. The van der Waals surface area contributed by atoms with E-state index in [1.807, 2.05) is 0 Å². The lowest BCUT2D eigenvalue weighted by Gasteiger charge is -2.42. The summed E-state index contributed by atoms with van der Waals surface area (Å²) >= 11 is 0. The van der Waals surface area contributed by atoms with Crippen LogP contribution in [0.2, 0.25) is 0 Å². The highest BCUT2D eigenvalue weighted by atomic mass is 19.4. The quantitative estimate of drug-likeness (QED) is 0.798. The minimum Gasteiger partial charge on any atom is -0.330 e. The van der Waals surface area contributed by atoms with Gasteiger partial charge in [0.1, 0.15) is 5.82 Å². The third-order valence-corrected chi connectivity index (χ3v) is 3.57. The number of hydrogen-bond donors (Lipinski definition) is 1. The van der Waals surface area contributed by atoms with Gasteiger partial charge in [0.05, 0.1) is 5.56 Å². The van der Waals surface area contributed by atoms with Gasteiger partial charge in [-0.15, -0.1) is 0 Å². The molecule has 1 fully saturated rings. The number of hydrogen-bond acceptors (Lipinski definition) is 1. The van der Waals surface area contributed by atoms with Crippen LogP contribution in [0.25, 0.3) is 0 Å². The highest BCUT2D eigenvalue weighted by Gasteiger charge is 2.45. The fraction of sp³-hybridized carbons (Fsp3) is 0.500. The lowest BCUT2D eigenvalue weighted by Crippen LogP contribution is -2.43. The first-order valence-corrected chi connectivity index (χ1v) is 5.47. The van der Waals surface area contributed by atoms with Gasteiger partial charge in [0.15, 0.2) is 0 Å². The van der Waals surface area contributed by atoms with Crippen molar-refractivity contribution in [3.05, 3.63) is 35.1 Å². The third-order valence-electron chi connectivity index (χ3n) is 3.57. The van der Waals surface area contributed by atoms with Crippen LogP contribution in [0.1, 0.15) is 30.4 Å². The molecule has 1 saturated carbocycles. The van der Waals surface area contributed by atoms with Crippen LogP contribution in [0.4, 0.5) is 17.6 Å². The Morgan fingerprint density at radius 2 is 1.88 bits per heavy atom. The Morgan fingerprint density at radius 1 is 1.24 bits per heavy atom. The second-order valence-corrected chi connectivity index (χ2v) is 4.50. The van der Waals surface area contributed by atoms with Crippen LogP contribution in [0.15, 0.2) is 18.2 Å². The molecule has 0 unspecified atom stereocenters. The van der Waals surface area contributed by atoms with Crippen molar-refractivity contribution in [2.24, 2.45) is 5.73 Å². The molecule has 0 aromatic heterocycles. The fourth-order valence-corrected chi connectivity index (χ4v) is 2.44. The van der Waals surface area contributed by atoms with Gasteiger partial charge < -0.3 is 5.73 Å². The molecule has 0 bridgehead atoms. The van der Waals surface area contributed by atoms with Crippen LogP contribution < -0.4 is 5.73 Å². The molecule has 0 heterocycles.